The molecular weight excluding hydrogens is 244 g/mol. The summed E-state index contributed by atoms with van der Waals surface area (Å²) < 4.78 is 0. The molecule has 1 unspecified atom stereocenters. The van der Waals surface area contributed by atoms with Gasteiger partial charge < -0.3 is 10.2 Å². The molecule has 20 heavy (non-hydrogen) atoms. The molecule has 0 aromatic heterocycles. The Morgan fingerprint density at radius 1 is 1.10 bits per heavy atom. The van der Waals surface area contributed by atoms with Crippen molar-refractivity contribution in [3.05, 3.63) is 0 Å². The quantitative estimate of drug-likeness (QED) is 0.787. The minimum atomic E-state index is 0.416. The highest BCUT2D eigenvalue weighted by molar-refractivity contribution is 4.85. The van der Waals surface area contributed by atoms with E-state index >= 15 is 0 Å². The Hall–Kier alpha value is -0.0800. The molecule has 1 aliphatic rings. The van der Waals surface area contributed by atoms with E-state index in [9.17, 15) is 0 Å². The second kappa shape index (κ2) is 7.26. The van der Waals surface area contributed by atoms with E-state index in [4.69, 9.17) is 0 Å². The molecule has 2 nitrogen and oxygen atoms in total. The fraction of sp³-hybridized carbons (Fsp3) is 1.00. The topological polar surface area (TPSA) is 15.3 Å². The van der Waals surface area contributed by atoms with Crippen LogP contribution in [-0.2, 0) is 0 Å². The van der Waals surface area contributed by atoms with E-state index < -0.39 is 0 Å². The van der Waals surface area contributed by atoms with Gasteiger partial charge in [-0.15, -0.1) is 0 Å². The van der Waals surface area contributed by atoms with Gasteiger partial charge in [0.15, 0.2) is 0 Å². The van der Waals surface area contributed by atoms with Crippen LogP contribution in [0.2, 0.25) is 0 Å². The lowest BCUT2D eigenvalue weighted by atomic mass is 9.75. The average Bonchev–Trinajstić information content (AvgIpc) is 2.36. The lowest BCUT2D eigenvalue weighted by Crippen LogP contribution is -2.47. The van der Waals surface area contributed by atoms with Crippen LogP contribution in [0.1, 0.15) is 67.7 Å². The molecule has 120 valence electrons. The molecular formula is C18H38N2. The predicted molar refractivity (Wildman–Crippen MR) is 90.2 cm³/mol. The fourth-order valence-corrected chi connectivity index (χ4v) is 3.24. The minimum absolute atomic E-state index is 0.416. The molecule has 0 aromatic carbocycles. The lowest BCUT2D eigenvalue weighted by Gasteiger charge is -2.42. The first kappa shape index (κ1) is 18.0. The standard InChI is InChI=1S/C18H38N2/c1-8-18(7,13-19-15(2)3)14-20-11-9-16(10-12-20)17(4,5)6/h15-16,19H,8-14H2,1-7H3. The van der Waals surface area contributed by atoms with E-state index in [2.05, 4.69) is 58.7 Å². The molecule has 2 heteroatoms. The lowest BCUT2D eigenvalue weighted by molar-refractivity contribution is 0.0768. The Bertz CT molecular complexity index is 272. The van der Waals surface area contributed by atoms with E-state index in [1.165, 1.54) is 38.9 Å². The van der Waals surface area contributed by atoms with Crippen LogP contribution in [0, 0.1) is 16.7 Å². The molecule has 0 spiro atoms. The second-order valence-electron chi connectivity index (χ2n) is 8.62. The van der Waals surface area contributed by atoms with Crippen molar-refractivity contribution in [1.29, 1.82) is 0 Å². The number of hydrogen-bond donors (Lipinski definition) is 1. The number of nitrogens with one attached hydrogen (secondary N) is 1. The zero-order valence-corrected chi connectivity index (χ0v) is 15.1. The van der Waals surface area contributed by atoms with Crippen molar-refractivity contribution in [2.45, 2.75) is 73.8 Å². The van der Waals surface area contributed by atoms with Crippen molar-refractivity contribution in [3.8, 4) is 0 Å². The summed E-state index contributed by atoms with van der Waals surface area (Å²) in [5, 5.41) is 3.63. The van der Waals surface area contributed by atoms with Crippen molar-refractivity contribution in [1.82, 2.24) is 10.2 Å². The summed E-state index contributed by atoms with van der Waals surface area (Å²) in [6.07, 6.45) is 4.01. The molecule has 1 N–H and O–H groups in total. The molecule has 1 fully saturated rings. The van der Waals surface area contributed by atoms with E-state index in [1.54, 1.807) is 0 Å². The molecule has 1 rings (SSSR count). The average molecular weight is 283 g/mol. The number of rotatable bonds is 6. The molecule has 0 saturated carbocycles. The number of nitrogens with zero attached hydrogens (tertiary/aromatic N) is 1. The Kier molecular flexibility index (Phi) is 6.53. The SMILES string of the molecule is CCC(C)(CNC(C)C)CN1CCC(C(C)(C)C)CC1. The van der Waals surface area contributed by atoms with Crippen LogP contribution in [0.5, 0.6) is 0 Å². The van der Waals surface area contributed by atoms with Gasteiger partial charge in [-0.3, -0.25) is 0 Å². The van der Waals surface area contributed by atoms with Crippen LogP contribution in [0.4, 0.5) is 0 Å². The summed E-state index contributed by atoms with van der Waals surface area (Å²) in [7, 11) is 0. The largest absolute Gasteiger partial charge is 0.314 e. The normalized spacial score (nSPS) is 22.2. The number of hydrogen-bond acceptors (Lipinski definition) is 2. The van der Waals surface area contributed by atoms with E-state index in [1.807, 2.05) is 0 Å². The number of likely N-dealkylation sites (tertiary alicyclic amines) is 1. The van der Waals surface area contributed by atoms with Crippen molar-refractivity contribution in [2.24, 2.45) is 16.7 Å². The van der Waals surface area contributed by atoms with Gasteiger partial charge in [-0.2, -0.15) is 0 Å². The van der Waals surface area contributed by atoms with Crippen molar-refractivity contribution in [2.75, 3.05) is 26.2 Å². The van der Waals surface area contributed by atoms with Gasteiger partial charge in [0.25, 0.3) is 0 Å². The molecule has 1 saturated heterocycles. The van der Waals surface area contributed by atoms with Crippen LogP contribution >= 0.6 is 0 Å². The van der Waals surface area contributed by atoms with Crippen molar-refractivity contribution < 1.29 is 0 Å². The first-order chi connectivity index (χ1) is 9.16. The third kappa shape index (κ3) is 5.73. The fourth-order valence-electron chi connectivity index (χ4n) is 3.24. The molecule has 1 atom stereocenters. The molecule has 0 aliphatic carbocycles. The van der Waals surface area contributed by atoms with Gasteiger partial charge in [0, 0.05) is 19.1 Å². The monoisotopic (exact) mass is 282 g/mol. The van der Waals surface area contributed by atoms with E-state index in [0.717, 1.165) is 12.5 Å². The zero-order valence-electron chi connectivity index (χ0n) is 15.1. The first-order valence-corrected chi connectivity index (χ1v) is 8.62. The summed E-state index contributed by atoms with van der Waals surface area (Å²) in [5.41, 5.74) is 0.901. The zero-order chi connectivity index (χ0) is 15.4. The first-order valence-electron chi connectivity index (χ1n) is 8.62. The van der Waals surface area contributed by atoms with Gasteiger partial charge in [-0.1, -0.05) is 48.5 Å². The molecule has 1 aliphatic heterocycles. The molecule has 1 heterocycles. The van der Waals surface area contributed by atoms with Gasteiger partial charge in [0.05, 0.1) is 0 Å². The maximum atomic E-state index is 3.63. The Morgan fingerprint density at radius 3 is 2.05 bits per heavy atom. The molecule has 0 radical (unpaired) electrons. The van der Waals surface area contributed by atoms with Gasteiger partial charge in [0.2, 0.25) is 0 Å². The van der Waals surface area contributed by atoms with Gasteiger partial charge in [-0.25, -0.2) is 0 Å². The van der Waals surface area contributed by atoms with Crippen LogP contribution in [-0.4, -0.2) is 37.1 Å². The summed E-state index contributed by atoms with van der Waals surface area (Å²) in [5.74, 6) is 0.903. The number of piperidine rings is 1. The van der Waals surface area contributed by atoms with Gasteiger partial charge in [-0.05, 0) is 49.1 Å². The molecule has 0 aromatic rings. The summed E-state index contributed by atoms with van der Waals surface area (Å²) in [6.45, 7) is 21.4. The van der Waals surface area contributed by atoms with Gasteiger partial charge in [0.1, 0.15) is 0 Å². The molecule has 0 amide bonds. The third-order valence-electron chi connectivity index (χ3n) is 5.21. The van der Waals surface area contributed by atoms with Crippen molar-refractivity contribution in [3.63, 3.8) is 0 Å². The Morgan fingerprint density at radius 2 is 1.65 bits per heavy atom. The van der Waals surface area contributed by atoms with Crippen molar-refractivity contribution >= 4 is 0 Å². The Labute approximate surface area is 127 Å². The van der Waals surface area contributed by atoms with Crippen LogP contribution in [0.15, 0.2) is 0 Å². The highest BCUT2D eigenvalue weighted by atomic mass is 15.1. The summed E-state index contributed by atoms with van der Waals surface area (Å²) in [6, 6.07) is 0.590. The second-order valence-corrected chi connectivity index (χ2v) is 8.62. The third-order valence-corrected chi connectivity index (χ3v) is 5.21. The highest BCUT2D eigenvalue weighted by Crippen LogP contribution is 2.35. The van der Waals surface area contributed by atoms with Gasteiger partial charge >= 0.3 is 0 Å². The maximum absolute atomic E-state index is 3.63. The maximum Gasteiger partial charge on any atom is 0.00474 e. The van der Waals surface area contributed by atoms with Crippen LogP contribution in [0.25, 0.3) is 0 Å². The molecule has 0 bridgehead atoms. The summed E-state index contributed by atoms with van der Waals surface area (Å²) >= 11 is 0. The van der Waals surface area contributed by atoms with Crippen LogP contribution < -0.4 is 5.32 Å². The predicted octanol–water partition coefficient (Wildman–Crippen LogP) is 4.16. The van der Waals surface area contributed by atoms with E-state index in [-0.39, 0.29) is 0 Å². The van der Waals surface area contributed by atoms with E-state index in [0.29, 0.717) is 16.9 Å². The highest BCUT2D eigenvalue weighted by Gasteiger charge is 2.31. The van der Waals surface area contributed by atoms with Crippen LogP contribution in [0.3, 0.4) is 0 Å². The Balaban J connectivity index is 2.44. The smallest absolute Gasteiger partial charge is 0.00474 e. The minimum Gasteiger partial charge on any atom is -0.314 e. The summed E-state index contributed by atoms with van der Waals surface area (Å²) in [4.78, 5) is 2.70.